The first-order valence-electron chi connectivity index (χ1n) is 8.60. The molecule has 0 fully saturated rings. The maximum atomic E-state index is 12.5. The summed E-state index contributed by atoms with van der Waals surface area (Å²) >= 11 is 0. The summed E-state index contributed by atoms with van der Waals surface area (Å²) in [4.78, 5) is 33.1. The lowest BCUT2D eigenvalue weighted by atomic mass is 10.1. The van der Waals surface area contributed by atoms with Crippen molar-refractivity contribution in [3.8, 4) is 0 Å². The molecule has 0 saturated carbocycles. The van der Waals surface area contributed by atoms with Crippen molar-refractivity contribution in [1.82, 2.24) is 14.5 Å². The van der Waals surface area contributed by atoms with Crippen LogP contribution in [-0.2, 0) is 17.9 Å². The molecule has 26 heavy (non-hydrogen) atoms. The molecule has 2 heterocycles. The number of ketones is 1. The van der Waals surface area contributed by atoms with Crippen molar-refractivity contribution in [1.29, 1.82) is 0 Å². The van der Waals surface area contributed by atoms with E-state index in [2.05, 4.69) is 9.47 Å². The van der Waals surface area contributed by atoms with E-state index < -0.39 is 11.7 Å². The minimum atomic E-state index is -0.489. The van der Waals surface area contributed by atoms with E-state index >= 15 is 0 Å². The Labute approximate surface area is 151 Å². The largest absolute Gasteiger partial charge is 0.325 e. The predicted octanol–water partition coefficient (Wildman–Crippen LogP) is 2.33. The summed E-state index contributed by atoms with van der Waals surface area (Å²) in [6.07, 6.45) is 0. The number of likely N-dealkylation sites (N-methyl/N-ethyl adjacent to an activating group) is 1. The number of imidazole rings is 1. The smallest absolute Gasteiger partial charge is 0.299 e. The third-order valence-corrected chi connectivity index (χ3v) is 4.68. The summed E-state index contributed by atoms with van der Waals surface area (Å²) in [6, 6.07) is 15.1. The zero-order chi connectivity index (χ0) is 18.3. The molecule has 0 saturated heterocycles. The molecule has 0 aliphatic carbocycles. The number of fused-ring (bicyclic) bond motifs is 2. The van der Waals surface area contributed by atoms with Crippen LogP contribution in [0.5, 0.6) is 0 Å². The SMILES string of the molecule is CN(C)CCn1c(CN2C(=O)C(=O)c3ccccc32)nc2ccccc21. The summed E-state index contributed by atoms with van der Waals surface area (Å²) < 4.78 is 2.13. The van der Waals surface area contributed by atoms with E-state index in [1.807, 2.05) is 50.5 Å². The van der Waals surface area contributed by atoms with Crippen molar-refractivity contribution < 1.29 is 9.59 Å². The molecule has 6 nitrogen and oxygen atoms in total. The van der Waals surface area contributed by atoms with Crippen molar-refractivity contribution in [2.24, 2.45) is 0 Å². The zero-order valence-corrected chi connectivity index (χ0v) is 14.8. The molecule has 0 unspecified atom stereocenters. The van der Waals surface area contributed by atoms with Gasteiger partial charge in [0.05, 0.1) is 28.8 Å². The standard InChI is InChI=1S/C20H20N4O2/c1-22(2)11-12-23-17-10-6-4-8-15(17)21-18(23)13-24-16-9-5-3-7-14(16)19(25)20(24)26/h3-10H,11-13H2,1-2H3. The third-order valence-electron chi connectivity index (χ3n) is 4.68. The Bertz CT molecular complexity index is 1010. The van der Waals surface area contributed by atoms with Gasteiger partial charge >= 0.3 is 0 Å². The molecular formula is C20H20N4O2. The number of hydrogen-bond donors (Lipinski definition) is 0. The van der Waals surface area contributed by atoms with Gasteiger partial charge in [-0.3, -0.25) is 14.5 Å². The highest BCUT2D eigenvalue weighted by Gasteiger charge is 2.36. The van der Waals surface area contributed by atoms with Crippen LogP contribution in [0.15, 0.2) is 48.5 Å². The molecular weight excluding hydrogens is 328 g/mol. The number of para-hydroxylation sites is 3. The molecule has 2 aromatic carbocycles. The molecule has 0 atom stereocenters. The molecule has 0 bridgehead atoms. The van der Waals surface area contributed by atoms with Crippen molar-refractivity contribution in [3.05, 3.63) is 59.9 Å². The minimum absolute atomic E-state index is 0.281. The fraction of sp³-hybridized carbons (Fsp3) is 0.250. The first-order chi connectivity index (χ1) is 12.6. The summed E-state index contributed by atoms with van der Waals surface area (Å²) in [6.45, 7) is 1.90. The van der Waals surface area contributed by atoms with Gasteiger partial charge in [0.25, 0.3) is 11.7 Å². The molecule has 6 heteroatoms. The number of nitrogens with zero attached hydrogens (tertiary/aromatic N) is 4. The summed E-state index contributed by atoms with van der Waals surface area (Å²) in [5, 5.41) is 0. The average Bonchev–Trinajstić information content (AvgIpc) is 3.11. The Kier molecular flexibility index (Phi) is 4.05. The van der Waals surface area contributed by atoms with Crippen LogP contribution in [-0.4, -0.2) is 46.8 Å². The number of anilines is 1. The van der Waals surface area contributed by atoms with Gasteiger partial charge in [-0.2, -0.15) is 0 Å². The van der Waals surface area contributed by atoms with E-state index in [0.717, 1.165) is 29.9 Å². The van der Waals surface area contributed by atoms with Crippen LogP contribution in [0, 0.1) is 0 Å². The molecule has 0 spiro atoms. The Hall–Kier alpha value is -2.99. The Morgan fingerprint density at radius 3 is 2.54 bits per heavy atom. The van der Waals surface area contributed by atoms with Crippen LogP contribution in [0.4, 0.5) is 5.69 Å². The minimum Gasteiger partial charge on any atom is -0.325 e. The van der Waals surface area contributed by atoms with Gasteiger partial charge in [-0.15, -0.1) is 0 Å². The highest BCUT2D eigenvalue weighted by molar-refractivity contribution is 6.52. The molecule has 4 rings (SSSR count). The topological polar surface area (TPSA) is 58.4 Å². The van der Waals surface area contributed by atoms with E-state index in [9.17, 15) is 9.59 Å². The van der Waals surface area contributed by atoms with Crippen molar-refractivity contribution in [2.45, 2.75) is 13.1 Å². The summed E-state index contributed by atoms with van der Waals surface area (Å²) in [5.41, 5.74) is 3.06. The average molecular weight is 348 g/mol. The lowest BCUT2D eigenvalue weighted by molar-refractivity contribution is -0.114. The first kappa shape index (κ1) is 16.5. The van der Waals surface area contributed by atoms with Crippen LogP contribution >= 0.6 is 0 Å². The summed E-state index contributed by atoms with van der Waals surface area (Å²) in [7, 11) is 4.05. The van der Waals surface area contributed by atoms with Crippen LogP contribution in [0.1, 0.15) is 16.2 Å². The highest BCUT2D eigenvalue weighted by atomic mass is 16.2. The number of carbonyl (C=O) groups excluding carboxylic acids is 2. The van der Waals surface area contributed by atoms with Gasteiger partial charge in [-0.1, -0.05) is 24.3 Å². The second-order valence-corrected chi connectivity index (χ2v) is 6.71. The maximum absolute atomic E-state index is 12.5. The number of benzene rings is 2. The van der Waals surface area contributed by atoms with E-state index in [1.54, 1.807) is 12.1 Å². The van der Waals surface area contributed by atoms with E-state index in [4.69, 9.17) is 4.98 Å². The fourth-order valence-corrected chi connectivity index (χ4v) is 3.34. The van der Waals surface area contributed by atoms with Crippen molar-refractivity contribution >= 4 is 28.4 Å². The van der Waals surface area contributed by atoms with E-state index in [-0.39, 0.29) is 6.54 Å². The van der Waals surface area contributed by atoms with Gasteiger partial charge in [0.1, 0.15) is 5.82 Å². The monoisotopic (exact) mass is 348 g/mol. The second kappa shape index (κ2) is 6.38. The Balaban J connectivity index is 1.74. The molecule has 3 aromatic rings. The Morgan fingerprint density at radius 2 is 1.73 bits per heavy atom. The van der Waals surface area contributed by atoms with Crippen molar-refractivity contribution in [3.63, 3.8) is 0 Å². The Morgan fingerprint density at radius 1 is 1.00 bits per heavy atom. The lowest BCUT2D eigenvalue weighted by Crippen LogP contribution is -2.31. The molecule has 1 amide bonds. The van der Waals surface area contributed by atoms with Crippen LogP contribution < -0.4 is 4.90 Å². The predicted molar refractivity (Wildman–Crippen MR) is 100 cm³/mol. The van der Waals surface area contributed by atoms with Crippen molar-refractivity contribution in [2.75, 3.05) is 25.5 Å². The number of rotatable bonds is 5. The summed E-state index contributed by atoms with van der Waals surface area (Å²) in [5.74, 6) is -0.153. The third kappa shape index (κ3) is 2.68. The van der Waals surface area contributed by atoms with Crippen LogP contribution in [0.3, 0.4) is 0 Å². The number of aromatic nitrogens is 2. The number of hydrogen-bond acceptors (Lipinski definition) is 4. The normalized spacial score (nSPS) is 13.9. The fourth-order valence-electron chi connectivity index (χ4n) is 3.34. The highest BCUT2D eigenvalue weighted by Crippen LogP contribution is 2.30. The van der Waals surface area contributed by atoms with Gasteiger partial charge in [-0.25, -0.2) is 4.98 Å². The van der Waals surface area contributed by atoms with E-state index in [1.165, 1.54) is 4.90 Å². The maximum Gasteiger partial charge on any atom is 0.299 e. The molecule has 0 radical (unpaired) electrons. The molecule has 1 aliphatic rings. The van der Waals surface area contributed by atoms with Gasteiger partial charge in [-0.05, 0) is 38.4 Å². The van der Waals surface area contributed by atoms with Gasteiger partial charge in [0.15, 0.2) is 0 Å². The number of amides is 1. The quantitative estimate of drug-likeness (QED) is 0.664. The second-order valence-electron chi connectivity index (χ2n) is 6.71. The van der Waals surface area contributed by atoms with Crippen LogP contribution in [0.25, 0.3) is 11.0 Å². The lowest BCUT2D eigenvalue weighted by Gasteiger charge is -2.18. The molecule has 132 valence electrons. The van der Waals surface area contributed by atoms with E-state index in [0.29, 0.717) is 11.3 Å². The van der Waals surface area contributed by atoms with Gasteiger partial charge < -0.3 is 9.47 Å². The molecule has 1 aliphatic heterocycles. The van der Waals surface area contributed by atoms with Gasteiger partial charge in [0.2, 0.25) is 0 Å². The first-order valence-corrected chi connectivity index (χ1v) is 8.60. The molecule has 1 aromatic heterocycles. The van der Waals surface area contributed by atoms with Gasteiger partial charge in [0, 0.05) is 13.1 Å². The van der Waals surface area contributed by atoms with Crippen LogP contribution in [0.2, 0.25) is 0 Å². The molecule has 0 N–H and O–H groups in total. The zero-order valence-electron chi connectivity index (χ0n) is 14.8. The number of carbonyl (C=O) groups is 2. The number of Topliss-reactive ketones (excluding diaryl/α,β-unsaturated/α-hetero) is 1.